The molecule has 0 aliphatic rings. The molecule has 26 heavy (non-hydrogen) atoms. The fourth-order valence-corrected chi connectivity index (χ4v) is 2.45. The number of aliphatic hydroxyl groups is 1. The van der Waals surface area contributed by atoms with Crippen LogP contribution in [0.4, 0.5) is 11.8 Å². The van der Waals surface area contributed by atoms with Crippen LogP contribution in [0.1, 0.15) is 18.8 Å². The maximum atomic E-state index is 9.19. The first-order valence-electron chi connectivity index (χ1n) is 8.46. The summed E-state index contributed by atoms with van der Waals surface area (Å²) < 4.78 is 1.59. The average Bonchev–Trinajstić information content (AvgIpc) is 3.09. The molecule has 0 bridgehead atoms. The highest BCUT2D eigenvalue weighted by atomic mass is 16.3. The molecule has 0 unspecified atom stereocenters. The number of aliphatic hydroxyl groups excluding tert-OH is 1. The zero-order valence-electron chi connectivity index (χ0n) is 14.6. The Labute approximate surface area is 151 Å². The molecule has 3 rings (SSSR count). The Bertz CT molecular complexity index is 849. The van der Waals surface area contributed by atoms with Crippen LogP contribution in [0.3, 0.4) is 0 Å². The number of anilines is 2. The largest absolute Gasteiger partial charge is 0.396 e. The summed E-state index contributed by atoms with van der Waals surface area (Å²) >= 11 is 0. The summed E-state index contributed by atoms with van der Waals surface area (Å²) in [6.07, 6.45) is 0.804. The molecule has 3 aromatic rings. The van der Waals surface area contributed by atoms with Gasteiger partial charge in [-0.05, 0) is 11.5 Å². The van der Waals surface area contributed by atoms with E-state index in [1.54, 1.807) is 10.9 Å². The van der Waals surface area contributed by atoms with Gasteiger partial charge in [-0.2, -0.15) is 9.97 Å². The third-order valence-corrected chi connectivity index (χ3v) is 3.97. The van der Waals surface area contributed by atoms with Gasteiger partial charge in [-0.25, -0.2) is 4.98 Å². The molecule has 9 nitrogen and oxygen atoms in total. The van der Waals surface area contributed by atoms with Crippen LogP contribution in [-0.4, -0.2) is 37.8 Å². The second-order valence-electron chi connectivity index (χ2n) is 6.22. The van der Waals surface area contributed by atoms with Gasteiger partial charge in [0.15, 0.2) is 17.0 Å². The van der Waals surface area contributed by atoms with E-state index in [0.29, 0.717) is 36.0 Å². The molecule has 0 saturated heterocycles. The minimum absolute atomic E-state index is 0.0803. The second kappa shape index (κ2) is 8.09. The molecule has 7 N–H and O–H groups in total. The summed E-state index contributed by atoms with van der Waals surface area (Å²) in [4.78, 5) is 13.3. The molecule has 138 valence electrons. The Kier molecular flexibility index (Phi) is 5.61. The number of aromatic nitrogens is 4. The maximum Gasteiger partial charge on any atom is 0.226 e. The lowest BCUT2D eigenvalue weighted by atomic mass is 10.2. The van der Waals surface area contributed by atoms with Crippen LogP contribution >= 0.6 is 0 Å². The summed E-state index contributed by atoms with van der Waals surface area (Å²) in [5.41, 5.74) is 13.9. The first kappa shape index (κ1) is 18.1. The van der Waals surface area contributed by atoms with Gasteiger partial charge in [0.05, 0.1) is 6.33 Å². The molecule has 9 heteroatoms. The summed E-state index contributed by atoms with van der Waals surface area (Å²) in [6.45, 7) is 3.16. The average molecular weight is 356 g/mol. The van der Waals surface area contributed by atoms with Gasteiger partial charge in [-0.1, -0.05) is 37.3 Å². The minimum Gasteiger partial charge on any atom is -0.396 e. The fourth-order valence-electron chi connectivity index (χ4n) is 2.45. The quantitative estimate of drug-likeness (QED) is 0.374. The highest BCUT2D eigenvalue weighted by Crippen LogP contribution is 2.22. The number of nitrogens with one attached hydrogen (secondary N) is 2. The van der Waals surface area contributed by atoms with E-state index in [9.17, 15) is 5.11 Å². The standard InChI is InChI=1S/C17H24N8O/c1-11(9-26)7-21-17-23-14(20-8-12-5-3-2-4-6-12)13-15(24-17)25(10-22-13)16(18)19/h2-6,10-11,16,26H,7-9,18-19H2,1H3,(H2,20,21,23,24)/t11-/m0/s1. The number of rotatable bonds is 8. The fraction of sp³-hybridized carbons (Fsp3) is 0.353. The summed E-state index contributed by atoms with van der Waals surface area (Å²) in [6, 6.07) is 10.0. The lowest BCUT2D eigenvalue weighted by Crippen LogP contribution is -2.27. The lowest BCUT2D eigenvalue weighted by molar-refractivity contribution is 0.244. The van der Waals surface area contributed by atoms with Crippen molar-refractivity contribution in [1.29, 1.82) is 0 Å². The summed E-state index contributed by atoms with van der Waals surface area (Å²) in [5.74, 6) is 1.10. The lowest BCUT2D eigenvalue weighted by Gasteiger charge is -2.13. The van der Waals surface area contributed by atoms with Gasteiger partial charge in [0.2, 0.25) is 5.95 Å². The Balaban J connectivity index is 1.91. The van der Waals surface area contributed by atoms with Gasteiger partial charge in [0.25, 0.3) is 0 Å². The highest BCUT2D eigenvalue weighted by Gasteiger charge is 2.15. The van der Waals surface area contributed by atoms with Gasteiger partial charge in [-0.15, -0.1) is 0 Å². The van der Waals surface area contributed by atoms with Crippen LogP contribution in [-0.2, 0) is 6.54 Å². The van der Waals surface area contributed by atoms with E-state index in [4.69, 9.17) is 11.5 Å². The molecule has 0 spiro atoms. The van der Waals surface area contributed by atoms with E-state index in [0.717, 1.165) is 5.56 Å². The second-order valence-corrected chi connectivity index (χ2v) is 6.22. The van der Waals surface area contributed by atoms with Crippen molar-refractivity contribution in [2.24, 2.45) is 17.4 Å². The monoisotopic (exact) mass is 356 g/mol. The molecule has 2 heterocycles. The van der Waals surface area contributed by atoms with E-state index in [2.05, 4.69) is 25.6 Å². The van der Waals surface area contributed by atoms with Gasteiger partial charge in [0, 0.05) is 19.7 Å². The number of hydrogen-bond donors (Lipinski definition) is 5. The summed E-state index contributed by atoms with van der Waals surface area (Å²) in [5, 5.41) is 15.6. The van der Waals surface area contributed by atoms with Gasteiger partial charge >= 0.3 is 0 Å². The number of imidazole rings is 1. The molecule has 1 atom stereocenters. The van der Waals surface area contributed by atoms with Crippen molar-refractivity contribution in [3.63, 3.8) is 0 Å². The topological polar surface area (TPSA) is 140 Å². The van der Waals surface area contributed by atoms with Gasteiger partial charge in [0.1, 0.15) is 6.29 Å². The number of benzene rings is 1. The molecule has 0 aliphatic heterocycles. The van der Waals surface area contributed by atoms with Crippen molar-refractivity contribution >= 4 is 22.9 Å². The molecular weight excluding hydrogens is 332 g/mol. The Hall–Kier alpha value is -2.75. The van der Waals surface area contributed by atoms with Crippen LogP contribution in [0.2, 0.25) is 0 Å². The van der Waals surface area contributed by atoms with Crippen molar-refractivity contribution in [3.8, 4) is 0 Å². The van der Waals surface area contributed by atoms with Crippen LogP contribution in [0.15, 0.2) is 36.7 Å². The first-order chi connectivity index (χ1) is 12.6. The smallest absolute Gasteiger partial charge is 0.226 e. The van der Waals surface area contributed by atoms with Gasteiger partial charge < -0.3 is 15.7 Å². The van der Waals surface area contributed by atoms with E-state index in [1.165, 1.54) is 0 Å². The highest BCUT2D eigenvalue weighted by molar-refractivity contribution is 5.84. The number of nitrogens with zero attached hydrogens (tertiary/aromatic N) is 4. The molecule has 0 amide bonds. The number of fused-ring (bicyclic) bond motifs is 1. The predicted molar refractivity (Wildman–Crippen MR) is 101 cm³/mol. The van der Waals surface area contributed by atoms with Crippen molar-refractivity contribution in [3.05, 3.63) is 42.2 Å². The van der Waals surface area contributed by atoms with E-state index >= 15 is 0 Å². The molecule has 0 fully saturated rings. The van der Waals surface area contributed by atoms with E-state index in [1.807, 2.05) is 37.3 Å². The zero-order valence-corrected chi connectivity index (χ0v) is 14.6. The molecule has 0 saturated carbocycles. The SMILES string of the molecule is C[C@H](CO)CNc1nc(NCc2ccccc2)c2ncn(C(N)N)c2n1. The normalized spacial score (nSPS) is 12.5. The predicted octanol–water partition coefficient (Wildman–Crippen LogP) is 0.852. The molecule has 1 aromatic carbocycles. The van der Waals surface area contributed by atoms with Crippen LogP contribution < -0.4 is 22.1 Å². The molecule has 0 aliphatic carbocycles. The van der Waals surface area contributed by atoms with Crippen molar-refractivity contribution in [2.45, 2.75) is 19.8 Å². The minimum atomic E-state index is -0.749. The van der Waals surface area contributed by atoms with Gasteiger partial charge in [-0.3, -0.25) is 16.0 Å². The van der Waals surface area contributed by atoms with Crippen molar-refractivity contribution < 1.29 is 5.11 Å². The van der Waals surface area contributed by atoms with Crippen LogP contribution in [0.5, 0.6) is 0 Å². The number of nitrogens with two attached hydrogens (primary N) is 2. The molecule has 0 radical (unpaired) electrons. The number of hydrogen-bond acceptors (Lipinski definition) is 8. The molecular formula is C17H24N8O. The van der Waals surface area contributed by atoms with E-state index in [-0.39, 0.29) is 12.5 Å². The Morgan fingerprint density at radius 3 is 2.62 bits per heavy atom. The molecule has 2 aromatic heterocycles. The third-order valence-electron chi connectivity index (χ3n) is 3.97. The van der Waals surface area contributed by atoms with Crippen molar-refractivity contribution in [1.82, 2.24) is 19.5 Å². The zero-order chi connectivity index (χ0) is 18.5. The Morgan fingerprint density at radius 2 is 1.92 bits per heavy atom. The Morgan fingerprint density at radius 1 is 1.15 bits per heavy atom. The van der Waals surface area contributed by atoms with E-state index < -0.39 is 6.29 Å². The summed E-state index contributed by atoms with van der Waals surface area (Å²) in [7, 11) is 0. The van der Waals surface area contributed by atoms with Crippen LogP contribution in [0.25, 0.3) is 11.2 Å². The van der Waals surface area contributed by atoms with Crippen LogP contribution in [0, 0.1) is 5.92 Å². The first-order valence-corrected chi connectivity index (χ1v) is 8.46. The maximum absolute atomic E-state index is 9.19. The third kappa shape index (κ3) is 4.07. The van der Waals surface area contributed by atoms with Crippen molar-refractivity contribution in [2.75, 3.05) is 23.8 Å².